The quantitative estimate of drug-likeness (QED) is 0.789. The number of rotatable bonds is 3. The molecule has 0 bridgehead atoms. The smallest absolute Gasteiger partial charge is 0.123 e. The number of aromatic nitrogens is 1. The lowest BCUT2D eigenvalue weighted by Gasteiger charge is -2.29. The van der Waals surface area contributed by atoms with E-state index < -0.39 is 0 Å². The average Bonchev–Trinajstić information content (AvgIpc) is 2.48. The van der Waals surface area contributed by atoms with Crippen LogP contribution in [0.1, 0.15) is 18.4 Å². The molecular formula is C16H18N2O. The Morgan fingerprint density at radius 2 is 2.11 bits per heavy atom. The highest BCUT2D eigenvalue weighted by atomic mass is 16.1. The second-order valence-corrected chi connectivity index (χ2v) is 5.28. The zero-order valence-electron chi connectivity index (χ0n) is 11.0. The average molecular weight is 254 g/mol. The van der Waals surface area contributed by atoms with Crippen molar-refractivity contribution in [1.29, 1.82) is 0 Å². The summed E-state index contributed by atoms with van der Waals surface area (Å²) in [6, 6.07) is 10.5. The highest BCUT2D eigenvalue weighted by Crippen LogP contribution is 2.19. The number of nitrogens with zero attached hydrogens (tertiary/aromatic N) is 2. The van der Waals surface area contributed by atoms with Gasteiger partial charge in [-0.25, -0.2) is 0 Å². The maximum atomic E-state index is 10.7. The van der Waals surface area contributed by atoms with Crippen molar-refractivity contribution >= 4 is 17.2 Å². The minimum absolute atomic E-state index is 0.275. The normalized spacial score (nSPS) is 17.7. The van der Waals surface area contributed by atoms with Gasteiger partial charge in [0.15, 0.2) is 0 Å². The number of carbonyl (C=O) groups is 1. The van der Waals surface area contributed by atoms with Crippen LogP contribution < -0.4 is 0 Å². The molecule has 98 valence electrons. The Hall–Kier alpha value is -1.74. The highest BCUT2D eigenvalue weighted by molar-refractivity contribution is 5.78. The third-order valence-electron chi connectivity index (χ3n) is 3.90. The monoisotopic (exact) mass is 254 g/mol. The molecule has 1 fully saturated rings. The Morgan fingerprint density at radius 3 is 2.89 bits per heavy atom. The molecule has 0 saturated carbocycles. The Morgan fingerprint density at radius 1 is 1.26 bits per heavy atom. The molecule has 19 heavy (non-hydrogen) atoms. The molecule has 3 heteroatoms. The van der Waals surface area contributed by atoms with Crippen LogP contribution in [0.15, 0.2) is 36.5 Å². The SMILES string of the molecule is O=CC1CCN(Cc2ccc3ncccc3c2)CC1. The summed E-state index contributed by atoms with van der Waals surface area (Å²) >= 11 is 0. The first-order valence-electron chi connectivity index (χ1n) is 6.86. The van der Waals surface area contributed by atoms with E-state index in [1.807, 2.05) is 12.3 Å². The Balaban J connectivity index is 1.70. The molecule has 1 saturated heterocycles. The van der Waals surface area contributed by atoms with Gasteiger partial charge in [-0.05, 0) is 49.7 Å². The fraction of sp³-hybridized carbons (Fsp3) is 0.375. The van der Waals surface area contributed by atoms with Gasteiger partial charge in [-0.3, -0.25) is 9.88 Å². The van der Waals surface area contributed by atoms with E-state index in [4.69, 9.17) is 0 Å². The second kappa shape index (κ2) is 5.49. The molecule has 0 spiro atoms. The van der Waals surface area contributed by atoms with Crippen molar-refractivity contribution in [2.45, 2.75) is 19.4 Å². The Labute approximate surface area is 113 Å². The van der Waals surface area contributed by atoms with Crippen LogP contribution in [0.4, 0.5) is 0 Å². The topological polar surface area (TPSA) is 33.2 Å². The van der Waals surface area contributed by atoms with Crippen LogP contribution in [0.2, 0.25) is 0 Å². The van der Waals surface area contributed by atoms with Gasteiger partial charge in [-0.2, -0.15) is 0 Å². The van der Waals surface area contributed by atoms with E-state index in [1.54, 1.807) is 0 Å². The summed E-state index contributed by atoms with van der Waals surface area (Å²) in [6.45, 7) is 3.01. The summed E-state index contributed by atoms with van der Waals surface area (Å²) in [5, 5.41) is 1.20. The first kappa shape index (κ1) is 12.3. The first-order chi connectivity index (χ1) is 9.35. The molecule has 0 atom stereocenters. The maximum Gasteiger partial charge on any atom is 0.123 e. The van der Waals surface area contributed by atoms with Crippen LogP contribution in [0, 0.1) is 5.92 Å². The van der Waals surface area contributed by atoms with Crippen LogP contribution >= 0.6 is 0 Å². The van der Waals surface area contributed by atoms with Gasteiger partial charge in [0.2, 0.25) is 0 Å². The van der Waals surface area contributed by atoms with Crippen LogP contribution in [-0.4, -0.2) is 29.3 Å². The molecule has 1 aliphatic rings. The maximum absolute atomic E-state index is 10.7. The number of hydrogen-bond acceptors (Lipinski definition) is 3. The molecule has 1 aromatic carbocycles. The van der Waals surface area contributed by atoms with Gasteiger partial charge in [0.1, 0.15) is 6.29 Å². The molecule has 0 unspecified atom stereocenters. The molecule has 0 radical (unpaired) electrons. The Bertz CT molecular complexity index is 574. The molecule has 1 aromatic heterocycles. The van der Waals surface area contributed by atoms with E-state index in [-0.39, 0.29) is 5.92 Å². The number of likely N-dealkylation sites (tertiary alicyclic amines) is 1. The van der Waals surface area contributed by atoms with Crippen molar-refractivity contribution in [3.63, 3.8) is 0 Å². The molecule has 3 rings (SSSR count). The summed E-state index contributed by atoms with van der Waals surface area (Å²) in [5.41, 5.74) is 2.37. The highest BCUT2D eigenvalue weighted by Gasteiger charge is 2.18. The van der Waals surface area contributed by atoms with Crippen molar-refractivity contribution in [3.8, 4) is 0 Å². The first-order valence-corrected chi connectivity index (χ1v) is 6.86. The molecule has 2 heterocycles. The number of pyridine rings is 1. The zero-order chi connectivity index (χ0) is 13.1. The van der Waals surface area contributed by atoms with Gasteiger partial charge in [0.05, 0.1) is 5.52 Å². The molecule has 0 amide bonds. The predicted molar refractivity (Wildman–Crippen MR) is 75.8 cm³/mol. The van der Waals surface area contributed by atoms with Gasteiger partial charge in [0, 0.05) is 24.0 Å². The number of hydrogen-bond donors (Lipinski definition) is 0. The summed E-state index contributed by atoms with van der Waals surface area (Å²) < 4.78 is 0. The minimum Gasteiger partial charge on any atom is -0.303 e. The predicted octanol–water partition coefficient (Wildman–Crippen LogP) is 2.65. The summed E-state index contributed by atoms with van der Waals surface area (Å²) in [5.74, 6) is 0.275. The minimum atomic E-state index is 0.275. The van der Waals surface area contributed by atoms with E-state index in [9.17, 15) is 4.79 Å². The molecule has 1 aliphatic heterocycles. The van der Waals surface area contributed by atoms with Crippen LogP contribution in [0.3, 0.4) is 0 Å². The van der Waals surface area contributed by atoms with Gasteiger partial charge in [-0.15, -0.1) is 0 Å². The summed E-state index contributed by atoms with van der Waals surface area (Å²) in [4.78, 5) is 17.5. The van der Waals surface area contributed by atoms with Crippen LogP contribution in [-0.2, 0) is 11.3 Å². The van der Waals surface area contributed by atoms with E-state index in [0.29, 0.717) is 0 Å². The second-order valence-electron chi connectivity index (χ2n) is 5.28. The van der Waals surface area contributed by atoms with Crippen molar-refractivity contribution in [1.82, 2.24) is 9.88 Å². The van der Waals surface area contributed by atoms with Crippen LogP contribution in [0.5, 0.6) is 0 Å². The lowest BCUT2D eigenvalue weighted by molar-refractivity contribution is -0.112. The fourth-order valence-electron chi connectivity index (χ4n) is 2.73. The van der Waals surface area contributed by atoms with E-state index in [1.165, 1.54) is 10.9 Å². The number of carbonyl (C=O) groups excluding carboxylic acids is 1. The van der Waals surface area contributed by atoms with Gasteiger partial charge in [0.25, 0.3) is 0 Å². The summed E-state index contributed by atoms with van der Waals surface area (Å²) in [6.07, 6.45) is 4.93. The van der Waals surface area contributed by atoms with Crippen LogP contribution in [0.25, 0.3) is 10.9 Å². The van der Waals surface area contributed by atoms with Gasteiger partial charge < -0.3 is 4.79 Å². The molecule has 0 N–H and O–H groups in total. The molecule has 2 aromatic rings. The number of benzene rings is 1. The summed E-state index contributed by atoms with van der Waals surface area (Å²) in [7, 11) is 0. The fourth-order valence-corrected chi connectivity index (χ4v) is 2.73. The molecule has 3 nitrogen and oxygen atoms in total. The number of aldehydes is 1. The van der Waals surface area contributed by atoms with Gasteiger partial charge in [-0.1, -0.05) is 12.1 Å². The number of piperidine rings is 1. The third kappa shape index (κ3) is 2.82. The lowest BCUT2D eigenvalue weighted by Crippen LogP contribution is -2.33. The van der Waals surface area contributed by atoms with Gasteiger partial charge >= 0.3 is 0 Å². The van der Waals surface area contributed by atoms with Crippen molar-refractivity contribution in [3.05, 3.63) is 42.1 Å². The third-order valence-corrected chi connectivity index (χ3v) is 3.90. The lowest BCUT2D eigenvalue weighted by atomic mass is 9.98. The van der Waals surface area contributed by atoms with E-state index >= 15 is 0 Å². The molecule has 0 aliphatic carbocycles. The van der Waals surface area contributed by atoms with Crippen molar-refractivity contribution < 1.29 is 4.79 Å². The largest absolute Gasteiger partial charge is 0.303 e. The van der Waals surface area contributed by atoms with Crippen molar-refractivity contribution in [2.75, 3.05) is 13.1 Å². The molecular weight excluding hydrogens is 236 g/mol. The standard InChI is InChI=1S/C16H18N2O/c19-12-13-5-8-18(9-6-13)11-14-3-4-16-15(10-14)2-1-7-17-16/h1-4,7,10,12-13H,5-6,8-9,11H2. The zero-order valence-corrected chi connectivity index (χ0v) is 11.0. The van der Waals surface area contributed by atoms with E-state index in [0.717, 1.165) is 44.3 Å². The Kier molecular flexibility index (Phi) is 3.56. The van der Waals surface area contributed by atoms with E-state index in [2.05, 4.69) is 34.1 Å². The number of fused-ring (bicyclic) bond motifs is 1. The van der Waals surface area contributed by atoms with Crippen molar-refractivity contribution in [2.24, 2.45) is 5.92 Å².